The number of allylic oxidation sites excluding steroid dienone is 2. The minimum atomic E-state index is -0.727. The molecule has 0 amide bonds. The van der Waals surface area contributed by atoms with Crippen molar-refractivity contribution in [1.29, 1.82) is 0 Å². The lowest BCUT2D eigenvalue weighted by atomic mass is 9.50. The molecule has 0 saturated heterocycles. The van der Waals surface area contributed by atoms with Gasteiger partial charge in [0.25, 0.3) is 0 Å². The average molecular weight is 403 g/mol. The summed E-state index contributed by atoms with van der Waals surface area (Å²) in [6.07, 6.45) is 12.8. The molecule has 3 fully saturated rings. The highest BCUT2D eigenvalue weighted by Gasteiger charge is 2.52. The van der Waals surface area contributed by atoms with Crippen LogP contribution in [0.4, 0.5) is 0 Å². The van der Waals surface area contributed by atoms with E-state index in [0.717, 1.165) is 44.9 Å². The highest BCUT2D eigenvalue weighted by Crippen LogP contribution is 2.57. The van der Waals surface area contributed by atoms with Crippen LogP contribution in [0.3, 0.4) is 0 Å². The maximum Gasteiger partial charge on any atom is 0.303 e. The fourth-order valence-electron chi connectivity index (χ4n) is 5.90. The number of hydrogen-bond donors (Lipinski definition) is 3. The van der Waals surface area contributed by atoms with Crippen LogP contribution in [0.1, 0.15) is 84.0 Å². The lowest BCUT2D eigenvalue weighted by molar-refractivity contribution is -0.137. The molecule has 29 heavy (non-hydrogen) atoms. The summed E-state index contributed by atoms with van der Waals surface area (Å²) in [5, 5.41) is 30.0. The summed E-state index contributed by atoms with van der Waals surface area (Å²) in [4.78, 5) is 10.8. The van der Waals surface area contributed by atoms with Gasteiger partial charge in [0.05, 0.1) is 12.0 Å². The third-order valence-corrected chi connectivity index (χ3v) is 7.48. The summed E-state index contributed by atoms with van der Waals surface area (Å²) >= 11 is 0. The Morgan fingerprint density at radius 1 is 1.21 bits per heavy atom. The van der Waals surface area contributed by atoms with Crippen LogP contribution in [0, 0.1) is 41.4 Å². The van der Waals surface area contributed by atoms with Crippen LogP contribution < -0.4 is 0 Å². The molecule has 3 aliphatic rings. The number of hydrogen-bond acceptors (Lipinski definition) is 3. The monoisotopic (exact) mass is 402 g/mol. The molecule has 3 rings (SSSR count). The first-order chi connectivity index (χ1) is 14.0. The van der Waals surface area contributed by atoms with Gasteiger partial charge in [0.2, 0.25) is 0 Å². The van der Waals surface area contributed by atoms with Crippen molar-refractivity contribution in [2.45, 2.75) is 96.2 Å². The smallest absolute Gasteiger partial charge is 0.303 e. The molecule has 162 valence electrons. The molecular weight excluding hydrogens is 364 g/mol. The number of aliphatic hydroxyl groups excluding tert-OH is 2. The molecule has 3 aliphatic carbocycles. The van der Waals surface area contributed by atoms with E-state index in [-0.39, 0.29) is 12.3 Å². The number of fused-ring (bicyclic) bond motifs is 1. The normalized spacial score (nSPS) is 34.2. The molecule has 3 saturated carbocycles. The first-order valence-electron chi connectivity index (χ1n) is 11.8. The molecular formula is C25H38O4. The number of carboxylic acids is 1. The van der Waals surface area contributed by atoms with Crippen molar-refractivity contribution < 1.29 is 20.1 Å². The van der Waals surface area contributed by atoms with Gasteiger partial charge >= 0.3 is 5.97 Å². The number of aliphatic carboxylic acids is 1. The van der Waals surface area contributed by atoms with Crippen molar-refractivity contribution in [1.82, 2.24) is 0 Å². The highest BCUT2D eigenvalue weighted by molar-refractivity contribution is 5.66. The fraction of sp³-hybridized carbons (Fsp3) is 0.800. The molecule has 0 spiro atoms. The summed E-state index contributed by atoms with van der Waals surface area (Å²) in [5.41, 5.74) is 1.49. The summed E-state index contributed by atoms with van der Waals surface area (Å²) in [7, 11) is 0. The first kappa shape index (κ1) is 22.4. The molecule has 0 radical (unpaired) electrons. The van der Waals surface area contributed by atoms with Crippen molar-refractivity contribution >= 4 is 5.97 Å². The van der Waals surface area contributed by atoms with E-state index in [1.165, 1.54) is 24.8 Å². The summed E-state index contributed by atoms with van der Waals surface area (Å²) in [6, 6.07) is 0. The van der Waals surface area contributed by atoms with Crippen molar-refractivity contribution in [3.63, 3.8) is 0 Å². The van der Waals surface area contributed by atoms with Gasteiger partial charge in [0, 0.05) is 6.42 Å². The first-order valence-corrected chi connectivity index (χ1v) is 11.8. The number of carbonyl (C=O) groups is 1. The Bertz CT molecular complexity index is 637. The van der Waals surface area contributed by atoms with Crippen molar-refractivity contribution in [2.75, 3.05) is 0 Å². The van der Waals surface area contributed by atoms with E-state index in [0.29, 0.717) is 30.1 Å². The number of aliphatic hydroxyl groups is 2. The topological polar surface area (TPSA) is 77.8 Å². The van der Waals surface area contributed by atoms with Crippen LogP contribution in [-0.4, -0.2) is 33.5 Å². The predicted octanol–water partition coefficient (Wildman–Crippen LogP) is 4.55. The zero-order chi connectivity index (χ0) is 20.8. The second-order valence-corrected chi connectivity index (χ2v) is 9.37. The summed E-state index contributed by atoms with van der Waals surface area (Å²) in [5.74, 6) is 7.33. The Kier molecular flexibility index (Phi) is 8.21. The molecule has 0 aromatic carbocycles. The zero-order valence-corrected chi connectivity index (χ0v) is 17.9. The molecule has 4 nitrogen and oxygen atoms in total. The van der Waals surface area contributed by atoms with Crippen LogP contribution in [-0.2, 0) is 4.79 Å². The molecule has 3 N–H and O–H groups in total. The second kappa shape index (κ2) is 10.6. The Labute approximate surface area is 175 Å². The van der Waals surface area contributed by atoms with Crippen LogP contribution in [0.15, 0.2) is 11.6 Å². The predicted molar refractivity (Wildman–Crippen MR) is 114 cm³/mol. The van der Waals surface area contributed by atoms with Crippen molar-refractivity contribution in [3.8, 4) is 11.8 Å². The average Bonchev–Trinajstić information content (AvgIpc) is 3.22. The van der Waals surface area contributed by atoms with E-state index in [4.69, 9.17) is 5.11 Å². The molecule has 6 atom stereocenters. The van der Waals surface area contributed by atoms with E-state index < -0.39 is 18.2 Å². The molecule has 0 aliphatic heterocycles. The maximum absolute atomic E-state index is 10.8. The van der Waals surface area contributed by atoms with Crippen LogP contribution in [0.5, 0.6) is 0 Å². The van der Waals surface area contributed by atoms with Crippen LogP contribution in [0.25, 0.3) is 0 Å². The lowest BCUT2D eigenvalue weighted by Gasteiger charge is -2.55. The van der Waals surface area contributed by atoms with E-state index in [1.54, 1.807) is 0 Å². The molecule has 4 heteroatoms. The minimum Gasteiger partial charge on any atom is -0.481 e. The molecule has 0 bridgehead atoms. The van der Waals surface area contributed by atoms with Gasteiger partial charge < -0.3 is 15.3 Å². The summed E-state index contributed by atoms with van der Waals surface area (Å²) < 4.78 is 0. The molecule has 0 aromatic rings. The summed E-state index contributed by atoms with van der Waals surface area (Å²) in [6.45, 7) is 2.21. The van der Waals surface area contributed by atoms with Gasteiger partial charge in [-0.3, -0.25) is 4.79 Å². The highest BCUT2D eigenvalue weighted by atomic mass is 16.4. The van der Waals surface area contributed by atoms with Crippen LogP contribution >= 0.6 is 0 Å². The number of carboxylic acid groups (broad SMARTS) is 1. The standard InChI is InChI=1S/C25H38O4/c1-2-3-10-19-18(11-6-7-12-24(28)29)20-13-16-23(27)21(25(19)20)14-15-22(26)17-8-4-5-9-17/h11,17,19-23,25-27H,2-10,12-13,16H2,1H3,(H,28,29)/t19?,20-,21+,22?,23-,25+/m0/s1. The van der Waals surface area contributed by atoms with Crippen molar-refractivity contribution in [3.05, 3.63) is 11.6 Å². The van der Waals surface area contributed by atoms with Gasteiger partial charge in [-0.05, 0) is 68.6 Å². The third kappa shape index (κ3) is 5.44. The van der Waals surface area contributed by atoms with Gasteiger partial charge in [0.15, 0.2) is 0 Å². The Hall–Kier alpha value is -1.31. The Morgan fingerprint density at radius 2 is 1.97 bits per heavy atom. The quantitative estimate of drug-likeness (QED) is 0.316. The SMILES string of the molecule is CCCCC1C(=CCCCC(=O)O)[C@@H]2CC[C@H](O)[C@@H](C#CC(O)C3CCCC3)[C@H]12. The lowest BCUT2D eigenvalue weighted by Crippen LogP contribution is -2.51. The zero-order valence-electron chi connectivity index (χ0n) is 17.9. The van der Waals surface area contributed by atoms with E-state index in [2.05, 4.69) is 24.8 Å². The number of unbranched alkanes of at least 4 members (excludes halogenated alkanes) is 2. The Morgan fingerprint density at radius 3 is 2.66 bits per heavy atom. The van der Waals surface area contributed by atoms with Gasteiger partial charge in [-0.1, -0.05) is 56.1 Å². The van der Waals surface area contributed by atoms with Crippen LogP contribution in [0.2, 0.25) is 0 Å². The molecule has 2 unspecified atom stereocenters. The van der Waals surface area contributed by atoms with Gasteiger partial charge in [-0.2, -0.15) is 0 Å². The number of rotatable bonds is 8. The van der Waals surface area contributed by atoms with Crippen molar-refractivity contribution in [2.24, 2.45) is 29.6 Å². The largest absolute Gasteiger partial charge is 0.481 e. The molecule has 0 heterocycles. The Balaban J connectivity index is 1.70. The van der Waals surface area contributed by atoms with Gasteiger partial charge in [0.1, 0.15) is 6.10 Å². The minimum absolute atomic E-state index is 0.0390. The molecule has 0 aromatic heterocycles. The third-order valence-electron chi connectivity index (χ3n) is 7.48. The van der Waals surface area contributed by atoms with E-state index in [9.17, 15) is 15.0 Å². The van der Waals surface area contributed by atoms with E-state index in [1.807, 2.05) is 0 Å². The van der Waals surface area contributed by atoms with Gasteiger partial charge in [-0.25, -0.2) is 0 Å². The van der Waals surface area contributed by atoms with E-state index >= 15 is 0 Å². The fourth-order valence-corrected chi connectivity index (χ4v) is 5.90. The van der Waals surface area contributed by atoms with Gasteiger partial charge in [-0.15, -0.1) is 0 Å². The maximum atomic E-state index is 10.8. The second-order valence-electron chi connectivity index (χ2n) is 9.37.